The minimum Gasteiger partial charge on any atom is -0.329 e. The van der Waals surface area contributed by atoms with Gasteiger partial charge in [-0.15, -0.1) is 0 Å². The van der Waals surface area contributed by atoms with Crippen LogP contribution < -0.4 is 9.80 Å². The summed E-state index contributed by atoms with van der Waals surface area (Å²) in [7, 11) is 0. The van der Waals surface area contributed by atoms with Gasteiger partial charge in [0.15, 0.2) is 46.5 Å². The van der Waals surface area contributed by atoms with Crippen LogP contribution >= 0.6 is 0 Å². The number of hydrogen-bond acceptors (Lipinski definition) is 2. The molecular formula is C76H54F10N2. The molecule has 4 atom stereocenters. The molecule has 0 N–H and O–H groups in total. The van der Waals surface area contributed by atoms with Crippen LogP contribution in [0.2, 0.25) is 0 Å². The molecule has 2 aliphatic carbocycles. The minimum absolute atomic E-state index is 0.363. The molecule has 4 aliphatic rings. The first-order valence-corrected chi connectivity index (χ1v) is 30.0. The van der Waals surface area contributed by atoms with Crippen molar-refractivity contribution >= 4 is 76.6 Å². The van der Waals surface area contributed by atoms with Crippen LogP contribution in [0.15, 0.2) is 158 Å². The van der Waals surface area contributed by atoms with Gasteiger partial charge in [0, 0.05) is 22.2 Å². The molecule has 0 amide bonds. The van der Waals surface area contributed by atoms with E-state index in [0.717, 1.165) is 122 Å². The Morgan fingerprint density at radius 1 is 0.295 bits per heavy atom. The van der Waals surface area contributed by atoms with Crippen molar-refractivity contribution in [2.75, 3.05) is 9.80 Å². The van der Waals surface area contributed by atoms with Crippen LogP contribution in [0.5, 0.6) is 0 Å². The molecule has 0 spiro atoms. The maximum atomic E-state index is 16.3. The second-order valence-corrected chi connectivity index (χ2v) is 25.7. The highest BCUT2D eigenvalue weighted by Crippen LogP contribution is 2.65. The highest BCUT2D eigenvalue weighted by molar-refractivity contribution is 6.33. The zero-order valence-corrected chi connectivity index (χ0v) is 48.3. The first-order valence-electron chi connectivity index (χ1n) is 30.0. The van der Waals surface area contributed by atoms with E-state index in [1.54, 1.807) is 12.1 Å². The van der Waals surface area contributed by atoms with Crippen molar-refractivity contribution in [1.29, 1.82) is 0 Å². The third kappa shape index (κ3) is 6.97. The van der Waals surface area contributed by atoms with E-state index in [4.69, 9.17) is 0 Å². The lowest BCUT2D eigenvalue weighted by atomic mass is 9.61. The zero-order valence-electron chi connectivity index (χ0n) is 48.3. The van der Waals surface area contributed by atoms with E-state index in [1.807, 2.05) is 76.2 Å². The lowest BCUT2D eigenvalue weighted by Crippen LogP contribution is -2.55. The van der Waals surface area contributed by atoms with E-state index in [2.05, 4.69) is 97.1 Å². The van der Waals surface area contributed by atoms with Crippen LogP contribution in [-0.2, 0) is 10.8 Å². The second-order valence-electron chi connectivity index (χ2n) is 25.7. The van der Waals surface area contributed by atoms with Gasteiger partial charge in [-0.2, -0.15) is 0 Å². The van der Waals surface area contributed by atoms with Crippen LogP contribution in [0.25, 0.3) is 98.4 Å². The van der Waals surface area contributed by atoms with Gasteiger partial charge in [0.05, 0.1) is 11.1 Å². The monoisotopic (exact) mass is 1180 g/mol. The van der Waals surface area contributed by atoms with Crippen molar-refractivity contribution in [3.8, 4) is 44.5 Å². The Balaban J connectivity index is 0.999. The summed E-state index contributed by atoms with van der Waals surface area (Å²) in [5, 5.41) is 9.68. The second kappa shape index (κ2) is 18.8. The molecule has 12 aromatic carbocycles. The molecule has 12 aromatic rings. The molecule has 0 bridgehead atoms. The van der Waals surface area contributed by atoms with E-state index in [-0.39, 0.29) is 0 Å². The Hall–Kier alpha value is -8.90. The van der Waals surface area contributed by atoms with E-state index in [1.165, 1.54) is 9.80 Å². The highest BCUT2D eigenvalue weighted by atomic mass is 19.2. The van der Waals surface area contributed by atoms with Crippen molar-refractivity contribution in [2.45, 2.75) is 101 Å². The molecule has 2 aliphatic heterocycles. The predicted octanol–water partition coefficient (Wildman–Crippen LogP) is 22.4. The molecule has 12 heteroatoms. The molecule has 2 saturated carbocycles. The maximum absolute atomic E-state index is 16.3. The van der Waals surface area contributed by atoms with Crippen molar-refractivity contribution in [1.82, 2.24) is 0 Å². The molecular weight excluding hydrogens is 1130 g/mol. The van der Waals surface area contributed by atoms with Crippen LogP contribution in [0.1, 0.15) is 90.2 Å². The zero-order chi connectivity index (χ0) is 60.8. The lowest BCUT2D eigenvalue weighted by molar-refractivity contribution is 0.192. The number of hydrogen-bond donors (Lipinski definition) is 0. The van der Waals surface area contributed by atoms with Gasteiger partial charge < -0.3 is 9.80 Å². The van der Waals surface area contributed by atoms with Crippen LogP contribution in [-0.4, -0.2) is 11.1 Å². The molecule has 4 unspecified atom stereocenters. The summed E-state index contributed by atoms with van der Waals surface area (Å²) in [5.74, 6) is -20.0. The molecule has 2 fully saturated rings. The average Bonchev–Trinajstić information content (AvgIpc) is 1.49. The Morgan fingerprint density at radius 2 is 0.625 bits per heavy atom. The molecule has 88 heavy (non-hydrogen) atoms. The fourth-order valence-electron chi connectivity index (χ4n) is 16.9. The number of anilines is 4. The Labute approximate surface area is 500 Å². The first kappa shape index (κ1) is 54.5. The summed E-state index contributed by atoms with van der Waals surface area (Å²) in [4.78, 5) is 2.74. The summed E-state index contributed by atoms with van der Waals surface area (Å²) < 4.78 is 156. The standard InChI is InChI=1S/C76H54F10N2/c1-73-31-9-11-33-75(73,3)87(71-67(83)63(79)61(77)64(80)68(71)84)57-29-23-41(35-55(57)73)51-37-53(45-21-13-17-39-15-5-7-19-43(39)45)49-28-26-48-52(38-54(50-27-25-47(51)59(49)60(48)50)46-22-14-18-40-16-6-8-20-44(40)46)42-24-30-58-56(36-42)74(2)32-10-12-34-76(74,4)88(58)72-69(85)65(81)62(78)66(82)70(72)86/h5-8,13-30,35-38H,9-12,31-34H2,1-4H3. The summed E-state index contributed by atoms with van der Waals surface area (Å²) in [6.07, 6.45) is 4.91. The number of benzene rings is 12. The van der Waals surface area contributed by atoms with E-state index >= 15 is 35.1 Å². The molecule has 438 valence electrons. The SMILES string of the molecule is CC12CCCCC1(C)N(c1c(F)c(F)c(F)c(F)c1F)c1ccc(-c3cc(-c4cccc5ccccc45)c4ccc5c(-c6ccc7c(c6)C6(C)CCCCC6(C)N7c6c(F)c(F)c(F)c(F)c6F)cc(-c6cccc7ccccc67)c6ccc3c4c56)cc12. The number of fused-ring (bicyclic) bond motifs is 8. The summed E-state index contributed by atoms with van der Waals surface area (Å²) in [6.45, 7) is 7.80. The van der Waals surface area contributed by atoms with Gasteiger partial charge >= 0.3 is 0 Å². The minimum atomic E-state index is -2.21. The summed E-state index contributed by atoms with van der Waals surface area (Å²) >= 11 is 0. The van der Waals surface area contributed by atoms with Gasteiger partial charge in [0.1, 0.15) is 11.4 Å². The van der Waals surface area contributed by atoms with Gasteiger partial charge in [0.2, 0.25) is 11.6 Å². The maximum Gasteiger partial charge on any atom is 0.200 e. The van der Waals surface area contributed by atoms with E-state index in [9.17, 15) is 8.78 Å². The lowest BCUT2D eigenvalue weighted by Gasteiger charge is -2.50. The first-order chi connectivity index (χ1) is 42.3. The normalized spacial score (nSPS) is 21.5. The van der Waals surface area contributed by atoms with Crippen molar-refractivity contribution in [3.05, 3.63) is 227 Å². The predicted molar refractivity (Wildman–Crippen MR) is 332 cm³/mol. The third-order valence-electron chi connectivity index (χ3n) is 21.7. The van der Waals surface area contributed by atoms with Crippen LogP contribution in [0.3, 0.4) is 0 Å². The van der Waals surface area contributed by atoms with Gasteiger partial charge in [-0.25, -0.2) is 43.9 Å². The van der Waals surface area contributed by atoms with Gasteiger partial charge in [-0.05, 0) is 185 Å². The van der Waals surface area contributed by atoms with Gasteiger partial charge in [-0.3, -0.25) is 0 Å². The van der Waals surface area contributed by atoms with Crippen molar-refractivity contribution in [2.24, 2.45) is 0 Å². The topological polar surface area (TPSA) is 6.48 Å². The Kier molecular flexibility index (Phi) is 11.6. The summed E-state index contributed by atoms with van der Waals surface area (Å²) in [6, 6.07) is 53.3. The fraction of sp³-hybridized carbons (Fsp3) is 0.211. The Morgan fingerprint density at radius 3 is 1.01 bits per heavy atom. The molecule has 16 rings (SSSR count). The average molecular weight is 1190 g/mol. The summed E-state index contributed by atoms with van der Waals surface area (Å²) in [5.41, 5.74) is 3.47. The number of nitrogens with zero attached hydrogens (tertiary/aromatic N) is 2. The van der Waals surface area contributed by atoms with Gasteiger partial charge in [0.25, 0.3) is 0 Å². The quantitative estimate of drug-likeness (QED) is 0.0709. The third-order valence-corrected chi connectivity index (χ3v) is 21.7. The van der Waals surface area contributed by atoms with Crippen molar-refractivity contribution < 1.29 is 43.9 Å². The molecule has 0 saturated heterocycles. The number of halogens is 10. The van der Waals surface area contributed by atoms with Crippen LogP contribution in [0.4, 0.5) is 66.7 Å². The number of rotatable bonds is 6. The van der Waals surface area contributed by atoms with E-state index < -0.39 is 91.5 Å². The van der Waals surface area contributed by atoms with E-state index in [0.29, 0.717) is 49.9 Å². The molecule has 0 aromatic heterocycles. The highest BCUT2D eigenvalue weighted by Gasteiger charge is 2.61. The molecule has 2 nitrogen and oxygen atoms in total. The van der Waals surface area contributed by atoms with Crippen LogP contribution in [0, 0.1) is 58.2 Å². The molecule has 0 radical (unpaired) electrons. The Bertz CT molecular complexity index is 4670. The molecule has 2 heterocycles. The largest absolute Gasteiger partial charge is 0.329 e. The smallest absolute Gasteiger partial charge is 0.200 e. The fourth-order valence-corrected chi connectivity index (χ4v) is 16.9. The van der Waals surface area contributed by atoms with Gasteiger partial charge in [-0.1, -0.05) is 161 Å². The van der Waals surface area contributed by atoms with Crippen molar-refractivity contribution in [3.63, 3.8) is 0 Å².